The maximum absolute atomic E-state index is 6.01. The lowest BCUT2D eigenvalue weighted by Crippen LogP contribution is -2.22. The number of hydrogen-bond donors (Lipinski definition) is 1. The van der Waals surface area contributed by atoms with Crippen molar-refractivity contribution >= 4 is 17.2 Å². The molecule has 1 saturated heterocycles. The Hall–Kier alpha value is -2.47. The Bertz CT molecular complexity index is 717. The van der Waals surface area contributed by atoms with E-state index in [4.69, 9.17) is 15.2 Å². The first-order valence-electron chi connectivity index (χ1n) is 9.16. The van der Waals surface area contributed by atoms with Gasteiger partial charge in [0.1, 0.15) is 5.82 Å². The molecule has 1 aromatic heterocycles. The highest BCUT2D eigenvalue weighted by Crippen LogP contribution is 2.33. The smallest absolute Gasteiger partial charge is 0.163 e. The van der Waals surface area contributed by atoms with Crippen LogP contribution in [-0.2, 0) is 0 Å². The first kappa shape index (κ1) is 18.3. The molecular weight excluding hydrogens is 328 g/mol. The quantitative estimate of drug-likeness (QED) is 0.732. The maximum Gasteiger partial charge on any atom is 0.163 e. The van der Waals surface area contributed by atoms with Crippen molar-refractivity contribution in [3.63, 3.8) is 0 Å². The number of pyridine rings is 1. The number of benzene rings is 1. The van der Waals surface area contributed by atoms with E-state index in [1.807, 2.05) is 36.2 Å². The van der Waals surface area contributed by atoms with Crippen molar-refractivity contribution in [3.8, 4) is 11.5 Å². The van der Waals surface area contributed by atoms with E-state index in [0.717, 1.165) is 36.0 Å². The van der Waals surface area contributed by atoms with Crippen LogP contribution in [0, 0.1) is 0 Å². The van der Waals surface area contributed by atoms with Gasteiger partial charge in [0.25, 0.3) is 0 Å². The molecule has 0 saturated carbocycles. The second-order valence-electron chi connectivity index (χ2n) is 6.59. The number of nitrogens with zero attached hydrogens (tertiary/aromatic N) is 3. The third-order valence-corrected chi connectivity index (χ3v) is 4.72. The lowest BCUT2D eigenvalue weighted by molar-refractivity contribution is 0.254. The molecule has 0 amide bonds. The van der Waals surface area contributed by atoms with Gasteiger partial charge in [0.2, 0.25) is 0 Å². The number of aromatic nitrogens is 1. The average molecular weight is 356 g/mol. The van der Waals surface area contributed by atoms with Crippen molar-refractivity contribution in [2.24, 2.45) is 0 Å². The third-order valence-electron chi connectivity index (χ3n) is 4.72. The van der Waals surface area contributed by atoms with E-state index in [1.54, 1.807) is 19.4 Å². The monoisotopic (exact) mass is 356 g/mol. The van der Waals surface area contributed by atoms with Gasteiger partial charge in [0.15, 0.2) is 11.5 Å². The molecule has 0 bridgehead atoms. The highest BCUT2D eigenvalue weighted by Gasteiger charge is 2.13. The summed E-state index contributed by atoms with van der Waals surface area (Å²) in [5, 5.41) is 0. The number of methoxy groups -OCH3 is 1. The molecule has 6 nitrogen and oxygen atoms in total. The number of rotatable bonds is 8. The predicted molar refractivity (Wildman–Crippen MR) is 105 cm³/mol. The Balaban J connectivity index is 1.65. The maximum atomic E-state index is 6.01. The van der Waals surface area contributed by atoms with Crippen LogP contribution in [-0.4, -0.2) is 50.3 Å². The topological polar surface area (TPSA) is 63.9 Å². The number of hydrogen-bond acceptors (Lipinski definition) is 6. The second-order valence-corrected chi connectivity index (χ2v) is 6.59. The van der Waals surface area contributed by atoms with Crippen LogP contribution in [0.4, 0.5) is 17.2 Å². The lowest BCUT2D eigenvalue weighted by atomic mass is 10.2. The Labute approximate surface area is 155 Å². The zero-order valence-electron chi connectivity index (χ0n) is 15.6. The van der Waals surface area contributed by atoms with E-state index in [-0.39, 0.29) is 0 Å². The predicted octanol–water partition coefficient (Wildman–Crippen LogP) is 3.31. The highest BCUT2D eigenvalue weighted by molar-refractivity contribution is 5.65. The average Bonchev–Trinajstić information content (AvgIpc) is 3.18. The number of nitrogen functional groups attached to an aromatic ring is 1. The molecule has 1 aliphatic rings. The van der Waals surface area contributed by atoms with Crippen molar-refractivity contribution < 1.29 is 9.47 Å². The standard InChI is InChI=1S/C20H28N4O2/c1-23(20-14-16(21)8-9-22-20)17-6-7-18(25-2)19(15-17)26-13-5-12-24-10-3-4-11-24/h6-9,14-15H,3-5,10-13H2,1-2H3,(H2,21,22). The molecule has 0 aliphatic carbocycles. The normalized spacial score (nSPS) is 14.4. The fourth-order valence-electron chi connectivity index (χ4n) is 3.21. The molecule has 0 atom stereocenters. The summed E-state index contributed by atoms with van der Waals surface area (Å²) in [5.41, 5.74) is 7.53. The van der Waals surface area contributed by atoms with Crippen LogP contribution in [0.25, 0.3) is 0 Å². The van der Waals surface area contributed by atoms with Crippen LogP contribution in [0.3, 0.4) is 0 Å². The largest absolute Gasteiger partial charge is 0.493 e. The fraction of sp³-hybridized carbons (Fsp3) is 0.450. The number of ether oxygens (including phenoxy) is 2. The number of nitrogens with two attached hydrogens (primary N) is 1. The first-order valence-corrected chi connectivity index (χ1v) is 9.16. The minimum absolute atomic E-state index is 0.677. The molecule has 2 N–H and O–H groups in total. The molecule has 0 radical (unpaired) electrons. The van der Waals surface area contributed by atoms with Crippen molar-refractivity contribution in [1.82, 2.24) is 9.88 Å². The van der Waals surface area contributed by atoms with E-state index in [1.165, 1.54) is 25.9 Å². The van der Waals surface area contributed by atoms with Gasteiger partial charge in [-0.2, -0.15) is 0 Å². The van der Waals surface area contributed by atoms with Crippen LogP contribution in [0.5, 0.6) is 11.5 Å². The van der Waals surface area contributed by atoms with Crippen LogP contribution in [0.2, 0.25) is 0 Å². The van der Waals surface area contributed by atoms with Crippen molar-refractivity contribution in [2.75, 3.05) is 51.0 Å². The first-order chi connectivity index (χ1) is 12.7. The summed E-state index contributed by atoms with van der Waals surface area (Å²) in [4.78, 5) is 8.85. The molecular formula is C20H28N4O2. The van der Waals surface area contributed by atoms with Gasteiger partial charge in [-0.15, -0.1) is 0 Å². The number of likely N-dealkylation sites (tertiary alicyclic amines) is 1. The van der Waals surface area contributed by atoms with E-state index in [0.29, 0.717) is 12.3 Å². The van der Waals surface area contributed by atoms with Gasteiger partial charge in [0, 0.05) is 43.3 Å². The van der Waals surface area contributed by atoms with Crippen LogP contribution in [0.1, 0.15) is 19.3 Å². The molecule has 26 heavy (non-hydrogen) atoms. The molecule has 0 unspecified atom stereocenters. The number of anilines is 3. The Morgan fingerprint density at radius 2 is 1.96 bits per heavy atom. The van der Waals surface area contributed by atoms with Gasteiger partial charge >= 0.3 is 0 Å². The summed E-state index contributed by atoms with van der Waals surface area (Å²) in [6, 6.07) is 9.52. The molecule has 2 aromatic rings. The van der Waals surface area contributed by atoms with Crippen LogP contribution < -0.4 is 20.1 Å². The lowest BCUT2D eigenvalue weighted by Gasteiger charge is -2.21. The Morgan fingerprint density at radius 3 is 2.69 bits per heavy atom. The van der Waals surface area contributed by atoms with Gasteiger partial charge in [-0.1, -0.05) is 0 Å². The van der Waals surface area contributed by atoms with Gasteiger partial charge in [-0.3, -0.25) is 0 Å². The molecule has 2 heterocycles. The van der Waals surface area contributed by atoms with Crippen LogP contribution >= 0.6 is 0 Å². The van der Waals surface area contributed by atoms with E-state index < -0.39 is 0 Å². The third kappa shape index (κ3) is 4.58. The summed E-state index contributed by atoms with van der Waals surface area (Å²) in [6.07, 6.45) is 5.36. The Kier molecular flexibility index (Phi) is 6.17. The molecule has 1 fully saturated rings. The highest BCUT2D eigenvalue weighted by atomic mass is 16.5. The fourth-order valence-corrected chi connectivity index (χ4v) is 3.21. The van der Waals surface area contributed by atoms with Crippen LogP contribution in [0.15, 0.2) is 36.5 Å². The molecule has 1 aromatic carbocycles. The second kappa shape index (κ2) is 8.76. The summed E-state index contributed by atoms with van der Waals surface area (Å²) in [7, 11) is 3.62. The van der Waals surface area contributed by atoms with Gasteiger partial charge in [-0.25, -0.2) is 4.98 Å². The van der Waals surface area contributed by atoms with Crippen molar-refractivity contribution in [1.29, 1.82) is 0 Å². The van der Waals surface area contributed by atoms with Gasteiger partial charge in [0.05, 0.1) is 13.7 Å². The molecule has 6 heteroatoms. The molecule has 140 valence electrons. The molecule has 3 rings (SSSR count). The van der Waals surface area contributed by atoms with Gasteiger partial charge < -0.3 is 25.0 Å². The Morgan fingerprint density at radius 1 is 1.15 bits per heavy atom. The van der Waals surface area contributed by atoms with Gasteiger partial charge in [-0.05, 0) is 50.6 Å². The van der Waals surface area contributed by atoms with E-state index in [2.05, 4.69) is 9.88 Å². The molecule has 1 aliphatic heterocycles. The van der Waals surface area contributed by atoms with Crippen molar-refractivity contribution in [3.05, 3.63) is 36.5 Å². The SMILES string of the molecule is COc1ccc(N(C)c2cc(N)ccn2)cc1OCCCN1CCCC1. The zero-order chi connectivity index (χ0) is 18.4. The minimum atomic E-state index is 0.677. The minimum Gasteiger partial charge on any atom is -0.493 e. The summed E-state index contributed by atoms with van der Waals surface area (Å²) < 4.78 is 11.5. The van der Waals surface area contributed by atoms with E-state index >= 15 is 0 Å². The molecule has 0 spiro atoms. The summed E-state index contributed by atoms with van der Waals surface area (Å²) in [6.45, 7) is 4.21. The van der Waals surface area contributed by atoms with E-state index in [9.17, 15) is 0 Å². The summed E-state index contributed by atoms with van der Waals surface area (Å²) >= 11 is 0. The zero-order valence-corrected chi connectivity index (χ0v) is 15.6. The van der Waals surface area contributed by atoms with Crippen molar-refractivity contribution in [2.45, 2.75) is 19.3 Å². The summed E-state index contributed by atoms with van der Waals surface area (Å²) in [5.74, 6) is 2.28.